The molecule has 0 spiro atoms. The van der Waals surface area contributed by atoms with E-state index in [9.17, 15) is 9.18 Å². The number of nitrogens with zero attached hydrogens (tertiary/aromatic N) is 1. The third kappa shape index (κ3) is 2.68. The number of aromatic nitrogens is 1. The van der Waals surface area contributed by atoms with Gasteiger partial charge in [-0.2, -0.15) is 0 Å². The van der Waals surface area contributed by atoms with Crippen LogP contribution < -0.4 is 0 Å². The van der Waals surface area contributed by atoms with E-state index in [0.29, 0.717) is 33.3 Å². The van der Waals surface area contributed by atoms with Crippen molar-refractivity contribution < 1.29 is 13.9 Å². The second-order valence-corrected chi connectivity index (χ2v) is 5.18. The summed E-state index contributed by atoms with van der Waals surface area (Å²) >= 11 is 0. The minimum atomic E-state index is -0.416. The van der Waals surface area contributed by atoms with Gasteiger partial charge in [0.1, 0.15) is 5.82 Å². The first-order chi connectivity index (χ1) is 11.1. The molecule has 4 heteroatoms. The molecule has 0 aliphatic carbocycles. The molecular formula is C19H16FNO2. The average Bonchev–Trinajstić information content (AvgIpc) is 2.55. The van der Waals surface area contributed by atoms with Crippen LogP contribution in [0.5, 0.6) is 0 Å². The molecule has 0 radical (unpaired) electrons. The van der Waals surface area contributed by atoms with E-state index in [0.717, 1.165) is 0 Å². The van der Waals surface area contributed by atoms with Crippen molar-refractivity contribution in [1.29, 1.82) is 0 Å². The Bertz CT molecular complexity index is 890. The summed E-state index contributed by atoms with van der Waals surface area (Å²) < 4.78 is 19.4. The zero-order valence-corrected chi connectivity index (χ0v) is 13.0. The van der Waals surface area contributed by atoms with Crippen molar-refractivity contribution in [2.75, 3.05) is 6.61 Å². The van der Waals surface area contributed by atoms with Gasteiger partial charge in [0, 0.05) is 10.9 Å². The van der Waals surface area contributed by atoms with Crippen LogP contribution in [0.2, 0.25) is 0 Å². The van der Waals surface area contributed by atoms with Crippen molar-refractivity contribution in [3.8, 4) is 11.3 Å². The van der Waals surface area contributed by atoms with E-state index < -0.39 is 5.97 Å². The molecule has 0 N–H and O–H groups in total. The molecule has 0 amide bonds. The van der Waals surface area contributed by atoms with Gasteiger partial charge < -0.3 is 4.74 Å². The second-order valence-electron chi connectivity index (χ2n) is 5.18. The Hall–Kier alpha value is -2.75. The van der Waals surface area contributed by atoms with Crippen LogP contribution in [0.3, 0.4) is 0 Å². The lowest BCUT2D eigenvalue weighted by Gasteiger charge is -2.14. The highest BCUT2D eigenvalue weighted by atomic mass is 19.1. The Labute approximate surface area is 133 Å². The highest BCUT2D eigenvalue weighted by molar-refractivity contribution is 6.06. The van der Waals surface area contributed by atoms with Gasteiger partial charge in [-0.3, -0.25) is 0 Å². The van der Waals surface area contributed by atoms with Crippen molar-refractivity contribution in [1.82, 2.24) is 4.98 Å². The highest BCUT2D eigenvalue weighted by Crippen LogP contribution is 2.31. The number of fused-ring (bicyclic) bond motifs is 1. The van der Waals surface area contributed by atoms with Gasteiger partial charge in [-0.1, -0.05) is 30.3 Å². The van der Waals surface area contributed by atoms with E-state index in [2.05, 4.69) is 4.98 Å². The molecule has 2 aromatic carbocycles. The molecule has 3 nitrogen and oxygen atoms in total. The van der Waals surface area contributed by atoms with E-state index >= 15 is 0 Å². The number of carbonyl (C=O) groups excluding carboxylic acids is 1. The normalized spacial score (nSPS) is 10.7. The molecule has 0 saturated heterocycles. The summed E-state index contributed by atoms with van der Waals surface area (Å²) in [5.41, 5.74) is 2.54. The Morgan fingerprint density at radius 3 is 2.57 bits per heavy atom. The minimum absolute atomic E-state index is 0.282. The summed E-state index contributed by atoms with van der Waals surface area (Å²) in [6, 6.07) is 13.7. The number of pyridine rings is 1. The lowest BCUT2D eigenvalue weighted by molar-refractivity contribution is 0.0528. The first kappa shape index (κ1) is 15.2. The molecule has 0 aliphatic rings. The Morgan fingerprint density at radius 1 is 1.13 bits per heavy atom. The van der Waals surface area contributed by atoms with Crippen molar-refractivity contribution in [3.63, 3.8) is 0 Å². The lowest BCUT2D eigenvalue weighted by Crippen LogP contribution is -2.10. The van der Waals surface area contributed by atoms with E-state index in [1.165, 1.54) is 6.07 Å². The largest absolute Gasteiger partial charge is 0.462 e. The SMILES string of the molecule is CCOC(=O)c1c(C)c(-c2ccccc2F)nc2ccccc12. The van der Waals surface area contributed by atoms with Gasteiger partial charge in [-0.15, -0.1) is 0 Å². The van der Waals surface area contributed by atoms with E-state index in [1.54, 1.807) is 32.0 Å². The number of esters is 1. The molecule has 1 heterocycles. The van der Waals surface area contributed by atoms with Gasteiger partial charge in [0.25, 0.3) is 0 Å². The van der Waals surface area contributed by atoms with Crippen LogP contribution in [0.25, 0.3) is 22.2 Å². The number of rotatable bonds is 3. The van der Waals surface area contributed by atoms with Crippen LogP contribution in [-0.4, -0.2) is 17.6 Å². The van der Waals surface area contributed by atoms with Gasteiger partial charge in [-0.25, -0.2) is 14.2 Å². The molecule has 0 atom stereocenters. The molecule has 0 unspecified atom stereocenters. The zero-order chi connectivity index (χ0) is 16.4. The number of hydrogen-bond donors (Lipinski definition) is 0. The molecule has 3 aromatic rings. The quantitative estimate of drug-likeness (QED) is 0.667. The van der Waals surface area contributed by atoms with Crippen LogP contribution in [0.4, 0.5) is 4.39 Å². The van der Waals surface area contributed by atoms with E-state index in [1.807, 2.05) is 24.3 Å². The van der Waals surface area contributed by atoms with Crippen LogP contribution in [0.15, 0.2) is 48.5 Å². The van der Waals surface area contributed by atoms with Crippen molar-refractivity contribution in [2.24, 2.45) is 0 Å². The van der Waals surface area contributed by atoms with Gasteiger partial charge >= 0.3 is 5.97 Å². The molecule has 23 heavy (non-hydrogen) atoms. The zero-order valence-electron chi connectivity index (χ0n) is 13.0. The Kier molecular flexibility index (Phi) is 4.06. The fourth-order valence-corrected chi connectivity index (χ4v) is 2.69. The Balaban J connectivity index is 2.35. The smallest absolute Gasteiger partial charge is 0.339 e. The fraction of sp³-hybridized carbons (Fsp3) is 0.158. The molecule has 3 rings (SSSR count). The summed E-state index contributed by atoms with van der Waals surface area (Å²) in [6.07, 6.45) is 0. The van der Waals surface area contributed by atoms with E-state index in [4.69, 9.17) is 4.74 Å². The van der Waals surface area contributed by atoms with Crippen molar-refractivity contribution in [3.05, 3.63) is 65.5 Å². The standard InChI is InChI=1S/C19H16FNO2/c1-3-23-19(22)17-12(2)18(13-8-4-6-10-15(13)20)21-16-11-7-5-9-14(16)17/h4-11H,3H2,1-2H3. The van der Waals surface area contributed by atoms with Crippen LogP contribution >= 0.6 is 0 Å². The van der Waals surface area contributed by atoms with Crippen molar-refractivity contribution in [2.45, 2.75) is 13.8 Å². The summed E-state index contributed by atoms with van der Waals surface area (Å²) in [7, 11) is 0. The molecule has 0 fully saturated rings. The fourth-order valence-electron chi connectivity index (χ4n) is 2.69. The molecule has 1 aromatic heterocycles. The average molecular weight is 309 g/mol. The van der Waals surface area contributed by atoms with Crippen LogP contribution in [0, 0.1) is 12.7 Å². The van der Waals surface area contributed by atoms with Crippen molar-refractivity contribution >= 4 is 16.9 Å². The maximum atomic E-state index is 14.2. The maximum Gasteiger partial charge on any atom is 0.339 e. The summed E-state index contributed by atoms with van der Waals surface area (Å²) in [5.74, 6) is -0.783. The first-order valence-electron chi connectivity index (χ1n) is 7.44. The molecule has 0 aliphatic heterocycles. The van der Waals surface area contributed by atoms with Gasteiger partial charge in [0.15, 0.2) is 0 Å². The van der Waals surface area contributed by atoms with Gasteiger partial charge in [0.2, 0.25) is 0 Å². The van der Waals surface area contributed by atoms with Gasteiger partial charge in [0.05, 0.1) is 23.4 Å². The third-order valence-corrected chi connectivity index (χ3v) is 3.74. The summed E-state index contributed by atoms with van der Waals surface area (Å²) in [6.45, 7) is 3.81. The van der Waals surface area contributed by atoms with Crippen LogP contribution in [-0.2, 0) is 4.74 Å². The first-order valence-corrected chi connectivity index (χ1v) is 7.44. The summed E-state index contributed by atoms with van der Waals surface area (Å²) in [4.78, 5) is 17.0. The monoisotopic (exact) mass is 309 g/mol. The predicted octanol–water partition coefficient (Wildman–Crippen LogP) is 4.53. The summed E-state index contributed by atoms with van der Waals surface area (Å²) in [5, 5.41) is 0.712. The molecule has 116 valence electrons. The number of benzene rings is 2. The second kappa shape index (κ2) is 6.16. The molecule has 0 bridgehead atoms. The van der Waals surface area contributed by atoms with Gasteiger partial charge in [-0.05, 0) is 37.6 Å². The minimum Gasteiger partial charge on any atom is -0.462 e. The predicted molar refractivity (Wildman–Crippen MR) is 87.8 cm³/mol. The Morgan fingerprint density at radius 2 is 1.83 bits per heavy atom. The van der Waals surface area contributed by atoms with Crippen LogP contribution in [0.1, 0.15) is 22.8 Å². The third-order valence-electron chi connectivity index (χ3n) is 3.74. The number of ether oxygens (including phenoxy) is 1. The molecular weight excluding hydrogens is 293 g/mol. The number of halogens is 1. The van der Waals surface area contributed by atoms with E-state index in [-0.39, 0.29) is 12.4 Å². The molecule has 0 saturated carbocycles. The topological polar surface area (TPSA) is 39.2 Å². The maximum absolute atomic E-state index is 14.2. The number of hydrogen-bond acceptors (Lipinski definition) is 3. The number of para-hydroxylation sites is 1. The lowest BCUT2D eigenvalue weighted by atomic mass is 9.97. The number of carbonyl (C=O) groups is 1. The highest BCUT2D eigenvalue weighted by Gasteiger charge is 2.20.